The van der Waals surface area contributed by atoms with Gasteiger partial charge in [-0.2, -0.15) is 9.97 Å². The van der Waals surface area contributed by atoms with Crippen LogP contribution in [0.25, 0.3) is 22.3 Å². The number of imidazole rings is 2. The molecule has 0 bridgehead atoms. The highest BCUT2D eigenvalue weighted by Crippen LogP contribution is 2.21. The van der Waals surface area contributed by atoms with Crippen LogP contribution in [-0.2, 0) is 0 Å². The number of nitrogens with one attached hydrogen (secondary N) is 1. The summed E-state index contributed by atoms with van der Waals surface area (Å²) in [5, 5.41) is 2.97. The topological polar surface area (TPSA) is 151 Å². The Hall–Kier alpha value is -3.50. The molecule has 0 aromatic carbocycles. The molecule has 0 spiro atoms. The number of nitrogen functional groups attached to an aromatic ring is 2. The van der Waals surface area contributed by atoms with E-state index in [-0.39, 0.29) is 11.8 Å². The van der Waals surface area contributed by atoms with E-state index in [1.54, 1.807) is 29.1 Å². The Kier molecular flexibility index (Phi) is 2.37. The van der Waals surface area contributed by atoms with Crippen LogP contribution in [-0.4, -0.2) is 46.3 Å². The molecule has 4 aromatic rings. The summed E-state index contributed by atoms with van der Waals surface area (Å²) in [5.41, 5.74) is 13.6. The number of nitrogens with two attached hydrogens (primary N) is 2. The molecule has 0 aliphatic carbocycles. The van der Waals surface area contributed by atoms with E-state index in [1.165, 1.54) is 6.33 Å². The number of hydrogen-bond donors (Lipinski definition) is 3. The van der Waals surface area contributed by atoms with Crippen LogP contribution in [0.3, 0.4) is 0 Å². The van der Waals surface area contributed by atoms with Gasteiger partial charge in [0.25, 0.3) is 0 Å². The van der Waals surface area contributed by atoms with E-state index in [0.717, 1.165) is 0 Å². The van der Waals surface area contributed by atoms with Gasteiger partial charge in [0, 0.05) is 7.05 Å². The van der Waals surface area contributed by atoms with Crippen molar-refractivity contribution in [2.45, 2.75) is 0 Å². The molecule has 0 amide bonds. The van der Waals surface area contributed by atoms with Gasteiger partial charge >= 0.3 is 0 Å². The molecule has 5 N–H and O–H groups in total. The Morgan fingerprint density at radius 1 is 0.909 bits per heavy atom. The van der Waals surface area contributed by atoms with Gasteiger partial charge in [-0.15, -0.1) is 0 Å². The standard InChI is InChI=1S/C11H11N11/c1-14-8-6-9(16-2-15-8)21(4-18-6)22-3-17-5-7(12)19-11(13)20-10(5)22/h2-4H,1H3,(H,14,15,16)(H4,12,13,19,20). The third kappa shape index (κ3) is 1.55. The van der Waals surface area contributed by atoms with Gasteiger partial charge in [-0.25, -0.2) is 29.3 Å². The molecule has 0 saturated carbocycles. The van der Waals surface area contributed by atoms with Crippen LogP contribution in [0.5, 0.6) is 0 Å². The summed E-state index contributed by atoms with van der Waals surface area (Å²) in [4.78, 5) is 25.0. The highest BCUT2D eigenvalue weighted by Gasteiger charge is 2.15. The molecule has 110 valence electrons. The summed E-state index contributed by atoms with van der Waals surface area (Å²) >= 11 is 0. The van der Waals surface area contributed by atoms with E-state index in [4.69, 9.17) is 11.5 Å². The first kappa shape index (κ1) is 12.3. The van der Waals surface area contributed by atoms with Crippen LogP contribution in [0, 0.1) is 0 Å². The van der Waals surface area contributed by atoms with Crippen molar-refractivity contribution in [1.29, 1.82) is 0 Å². The average Bonchev–Trinajstić information content (AvgIpc) is 3.10. The molecule has 0 saturated heterocycles. The van der Waals surface area contributed by atoms with Gasteiger partial charge in [-0.3, -0.25) is 0 Å². The lowest BCUT2D eigenvalue weighted by molar-refractivity contribution is 0.688. The predicted octanol–water partition coefficient (Wildman–Crippen LogP) is -0.517. The monoisotopic (exact) mass is 297 g/mol. The molecule has 4 heterocycles. The molecule has 4 aromatic heterocycles. The predicted molar refractivity (Wildman–Crippen MR) is 79.8 cm³/mol. The molecule has 4 rings (SSSR count). The summed E-state index contributed by atoms with van der Waals surface area (Å²) in [6.07, 6.45) is 4.59. The molecule has 0 unspecified atom stereocenters. The third-order valence-electron chi connectivity index (χ3n) is 3.21. The SMILES string of the molecule is CNc1ncnc2c1ncn2-n1cnc2c(N)nc(N)nc21. The zero-order chi connectivity index (χ0) is 15.3. The molecular weight excluding hydrogens is 286 g/mol. The summed E-state index contributed by atoms with van der Waals surface area (Å²) in [6.45, 7) is 0. The minimum atomic E-state index is 0.0710. The van der Waals surface area contributed by atoms with Gasteiger partial charge < -0.3 is 16.8 Å². The summed E-state index contributed by atoms with van der Waals surface area (Å²) in [6, 6.07) is 0. The van der Waals surface area contributed by atoms with Gasteiger partial charge in [-0.1, -0.05) is 0 Å². The second-order valence-corrected chi connectivity index (χ2v) is 4.46. The van der Waals surface area contributed by atoms with E-state index < -0.39 is 0 Å². The highest BCUT2D eigenvalue weighted by atomic mass is 15.5. The zero-order valence-electron chi connectivity index (χ0n) is 11.5. The van der Waals surface area contributed by atoms with Crippen LogP contribution in [0.4, 0.5) is 17.6 Å². The number of hydrogen-bond acceptors (Lipinski definition) is 9. The average molecular weight is 297 g/mol. The first-order valence-corrected chi connectivity index (χ1v) is 6.31. The van der Waals surface area contributed by atoms with Gasteiger partial charge in [0.2, 0.25) is 5.95 Å². The minimum absolute atomic E-state index is 0.0710. The fourth-order valence-corrected chi connectivity index (χ4v) is 2.25. The fraction of sp³-hybridized carbons (Fsp3) is 0.0909. The summed E-state index contributed by atoms with van der Waals surface area (Å²) in [5.74, 6) is 0.916. The Balaban J connectivity index is 2.04. The normalized spacial score (nSPS) is 11.3. The van der Waals surface area contributed by atoms with E-state index in [9.17, 15) is 0 Å². The Morgan fingerprint density at radius 3 is 2.41 bits per heavy atom. The Bertz CT molecular complexity index is 998. The lowest BCUT2D eigenvalue weighted by Crippen LogP contribution is -2.10. The first-order chi connectivity index (χ1) is 10.7. The zero-order valence-corrected chi connectivity index (χ0v) is 11.5. The largest absolute Gasteiger partial charge is 0.382 e. The number of anilines is 3. The smallest absolute Gasteiger partial charge is 0.224 e. The van der Waals surface area contributed by atoms with E-state index in [0.29, 0.717) is 28.1 Å². The third-order valence-corrected chi connectivity index (χ3v) is 3.21. The molecule has 22 heavy (non-hydrogen) atoms. The van der Waals surface area contributed by atoms with Crippen molar-refractivity contribution >= 4 is 39.9 Å². The fourth-order valence-electron chi connectivity index (χ4n) is 2.25. The number of rotatable bonds is 2. The van der Waals surface area contributed by atoms with Crippen LogP contribution in [0.2, 0.25) is 0 Å². The van der Waals surface area contributed by atoms with Gasteiger partial charge in [0.1, 0.15) is 19.0 Å². The first-order valence-electron chi connectivity index (χ1n) is 6.31. The van der Waals surface area contributed by atoms with Gasteiger partial charge in [0.15, 0.2) is 34.0 Å². The Morgan fingerprint density at radius 2 is 1.64 bits per heavy atom. The lowest BCUT2D eigenvalue weighted by atomic mass is 10.5. The molecule has 11 heteroatoms. The van der Waals surface area contributed by atoms with Crippen molar-refractivity contribution in [2.75, 3.05) is 23.8 Å². The molecule has 0 atom stereocenters. The maximum absolute atomic E-state index is 5.81. The molecule has 0 fully saturated rings. The van der Waals surface area contributed by atoms with E-state index >= 15 is 0 Å². The van der Waals surface area contributed by atoms with Crippen LogP contribution < -0.4 is 16.8 Å². The maximum atomic E-state index is 5.81. The van der Waals surface area contributed by atoms with Gasteiger partial charge in [-0.05, 0) is 0 Å². The quantitative estimate of drug-likeness (QED) is 0.444. The second kappa shape index (κ2) is 4.25. The second-order valence-electron chi connectivity index (χ2n) is 4.46. The number of fused-ring (bicyclic) bond motifs is 2. The molecule has 11 nitrogen and oxygen atoms in total. The van der Waals surface area contributed by atoms with Crippen molar-refractivity contribution in [1.82, 2.24) is 39.3 Å². The van der Waals surface area contributed by atoms with Crippen LogP contribution in [0.1, 0.15) is 0 Å². The summed E-state index contributed by atoms with van der Waals surface area (Å²) < 4.78 is 3.32. The van der Waals surface area contributed by atoms with E-state index in [1.807, 2.05) is 0 Å². The van der Waals surface area contributed by atoms with Crippen molar-refractivity contribution in [2.24, 2.45) is 0 Å². The molecule has 0 radical (unpaired) electrons. The summed E-state index contributed by atoms with van der Waals surface area (Å²) in [7, 11) is 1.77. The van der Waals surface area contributed by atoms with Crippen molar-refractivity contribution in [3.63, 3.8) is 0 Å². The Labute approximate surface area is 123 Å². The maximum Gasteiger partial charge on any atom is 0.224 e. The van der Waals surface area contributed by atoms with Crippen LogP contribution >= 0.6 is 0 Å². The van der Waals surface area contributed by atoms with Gasteiger partial charge in [0.05, 0.1) is 0 Å². The van der Waals surface area contributed by atoms with Crippen LogP contribution in [0.15, 0.2) is 19.0 Å². The highest BCUT2D eigenvalue weighted by molar-refractivity contribution is 5.85. The lowest BCUT2D eigenvalue weighted by Gasteiger charge is -2.06. The van der Waals surface area contributed by atoms with Crippen molar-refractivity contribution in [3.05, 3.63) is 19.0 Å². The van der Waals surface area contributed by atoms with E-state index in [2.05, 4.69) is 35.2 Å². The van der Waals surface area contributed by atoms with Crippen molar-refractivity contribution < 1.29 is 0 Å². The van der Waals surface area contributed by atoms with Crippen molar-refractivity contribution in [3.8, 4) is 0 Å². The molecule has 0 aliphatic heterocycles. The minimum Gasteiger partial charge on any atom is -0.382 e. The number of nitrogens with zero attached hydrogens (tertiary/aromatic N) is 8. The number of aromatic nitrogens is 8. The molecule has 0 aliphatic rings. The molecular formula is C11H11N11.